The number of hydrogen-bond acceptors (Lipinski definition) is 3. The molecule has 5 nitrogen and oxygen atoms in total. The van der Waals surface area contributed by atoms with Crippen molar-refractivity contribution in [2.24, 2.45) is 0 Å². The van der Waals surface area contributed by atoms with E-state index in [1.54, 1.807) is 0 Å². The number of hydrogen-bond donors (Lipinski definition) is 0. The van der Waals surface area contributed by atoms with Gasteiger partial charge < -0.3 is 4.57 Å². The maximum Gasteiger partial charge on any atom is 0.238 e. The van der Waals surface area contributed by atoms with Crippen LogP contribution in [0.15, 0.2) is 164 Å². The largest absolute Gasteiger partial charge is 0.308 e. The summed E-state index contributed by atoms with van der Waals surface area (Å²) < 4.78 is 4.58. The molecule has 0 saturated carbocycles. The van der Waals surface area contributed by atoms with Crippen LogP contribution in [0, 0.1) is 0 Å². The standard InChI is InChI=1S/C48H33N5/c1-48(2)38-23-11-6-18-31(38)36-28-37-34-21-9-12-24-40(34)52(44(37)29-39(36)48)43-27-15-10-22-35(43)46-49-45(30-16-4-3-5-17-30)50-47(51-46)53-41-25-13-7-19-32(41)33-20-8-14-26-42(33)53/h3-29H,1-2H3. The molecule has 0 bridgehead atoms. The molecule has 11 rings (SSSR count). The number of aromatic nitrogens is 5. The minimum absolute atomic E-state index is 0.128. The lowest BCUT2D eigenvalue weighted by Crippen LogP contribution is -2.15. The molecule has 0 fully saturated rings. The molecule has 0 radical (unpaired) electrons. The molecule has 1 aliphatic carbocycles. The van der Waals surface area contributed by atoms with Crippen molar-refractivity contribution in [2.75, 3.05) is 0 Å². The molecule has 53 heavy (non-hydrogen) atoms. The highest BCUT2D eigenvalue weighted by Crippen LogP contribution is 2.51. The molecule has 0 unspecified atom stereocenters. The molecule has 10 aromatic rings. The van der Waals surface area contributed by atoms with Crippen LogP contribution in [0.3, 0.4) is 0 Å². The monoisotopic (exact) mass is 679 g/mol. The van der Waals surface area contributed by atoms with E-state index in [2.05, 4.69) is 169 Å². The zero-order valence-corrected chi connectivity index (χ0v) is 29.3. The van der Waals surface area contributed by atoms with E-state index < -0.39 is 0 Å². The first kappa shape index (κ1) is 29.8. The molecule has 0 N–H and O–H groups in total. The average Bonchev–Trinajstić information content (AvgIpc) is 3.80. The van der Waals surface area contributed by atoms with Crippen molar-refractivity contribution in [2.45, 2.75) is 19.3 Å². The third-order valence-corrected chi connectivity index (χ3v) is 11.2. The van der Waals surface area contributed by atoms with Crippen LogP contribution in [-0.2, 0) is 5.41 Å². The van der Waals surface area contributed by atoms with Crippen LogP contribution in [0.4, 0.5) is 0 Å². The highest BCUT2D eigenvalue weighted by Gasteiger charge is 2.36. The van der Waals surface area contributed by atoms with Gasteiger partial charge in [-0.3, -0.25) is 4.57 Å². The molecule has 0 spiro atoms. The second-order valence-corrected chi connectivity index (χ2v) is 14.5. The van der Waals surface area contributed by atoms with Gasteiger partial charge in [-0.25, -0.2) is 4.98 Å². The Bertz CT molecular complexity index is 3040. The van der Waals surface area contributed by atoms with Crippen LogP contribution in [0.5, 0.6) is 0 Å². The van der Waals surface area contributed by atoms with Gasteiger partial charge in [-0.05, 0) is 64.7 Å². The number of rotatable bonds is 4. The quantitative estimate of drug-likeness (QED) is 0.186. The Balaban J connectivity index is 1.20. The Morgan fingerprint density at radius 3 is 1.66 bits per heavy atom. The van der Waals surface area contributed by atoms with Crippen LogP contribution in [0.1, 0.15) is 25.0 Å². The molecule has 1 aliphatic rings. The molecule has 5 heteroatoms. The Kier molecular flexibility index (Phi) is 6.23. The highest BCUT2D eigenvalue weighted by molar-refractivity contribution is 6.12. The van der Waals surface area contributed by atoms with E-state index in [1.807, 2.05) is 18.2 Å². The third-order valence-electron chi connectivity index (χ3n) is 11.2. The van der Waals surface area contributed by atoms with Crippen LogP contribution in [0.2, 0.25) is 0 Å². The van der Waals surface area contributed by atoms with Gasteiger partial charge >= 0.3 is 0 Å². The molecule has 250 valence electrons. The normalized spacial score (nSPS) is 13.2. The maximum absolute atomic E-state index is 5.34. The van der Waals surface area contributed by atoms with Gasteiger partial charge in [0.15, 0.2) is 11.6 Å². The predicted molar refractivity (Wildman–Crippen MR) is 217 cm³/mol. The Morgan fingerprint density at radius 1 is 0.396 bits per heavy atom. The van der Waals surface area contributed by atoms with Crippen LogP contribution >= 0.6 is 0 Å². The first-order chi connectivity index (χ1) is 26.1. The molecule has 0 saturated heterocycles. The summed E-state index contributed by atoms with van der Waals surface area (Å²) >= 11 is 0. The summed E-state index contributed by atoms with van der Waals surface area (Å²) in [5, 5.41) is 4.77. The fourth-order valence-electron chi connectivity index (χ4n) is 8.72. The zero-order chi connectivity index (χ0) is 35.3. The molecule has 3 heterocycles. The summed E-state index contributed by atoms with van der Waals surface area (Å²) in [6.45, 7) is 4.69. The van der Waals surface area contributed by atoms with Gasteiger partial charge in [-0.15, -0.1) is 0 Å². The molecule has 7 aromatic carbocycles. The third kappa shape index (κ3) is 4.28. The lowest BCUT2D eigenvalue weighted by atomic mass is 9.82. The van der Waals surface area contributed by atoms with E-state index in [4.69, 9.17) is 15.0 Å². The van der Waals surface area contributed by atoms with Gasteiger partial charge in [-0.1, -0.05) is 135 Å². The molecular weight excluding hydrogens is 647 g/mol. The summed E-state index contributed by atoms with van der Waals surface area (Å²) in [4.78, 5) is 15.7. The van der Waals surface area contributed by atoms with E-state index in [1.165, 1.54) is 38.5 Å². The SMILES string of the molecule is CC1(C)c2ccccc2-c2cc3c4ccccc4n(-c4ccccc4-c4nc(-c5ccccc5)nc(-n5c6ccccc6c6ccccc65)n4)c3cc21. The van der Waals surface area contributed by atoms with Crippen LogP contribution < -0.4 is 0 Å². The van der Waals surface area contributed by atoms with Crippen LogP contribution in [-0.4, -0.2) is 24.1 Å². The number of nitrogens with zero attached hydrogens (tertiary/aromatic N) is 5. The fourth-order valence-corrected chi connectivity index (χ4v) is 8.72. The van der Waals surface area contributed by atoms with Gasteiger partial charge in [0.2, 0.25) is 5.95 Å². The van der Waals surface area contributed by atoms with E-state index in [9.17, 15) is 0 Å². The zero-order valence-electron chi connectivity index (χ0n) is 29.3. The van der Waals surface area contributed by atoms with E-state index in [0.717, 1.165) is 44.1 Å². The molecular formula is C48H33N5. The van der Waals surface area contributed by atoms with Crippen molar-refractivity contribution in [3.63, 3.8) is 0 Å². The molecule has 0 aliphatic heterocycles. The predicted octanol–water partition coefficient (Wildman–Crippen LogP) is 11.7. The van der Waals surface area contributed by atoms with Crippen molar-refractivity contribution in [3.8, 4) is 45.5 Å². The Morgan fingerprint density at radius 2 is 0.943 bits per heavy atom. The van der Waals surface area contributed by atoms with Gasteiger partial charge in [0.1, 0.15) is 0 Å². The van der Waals surface area contributed by atoms with E-state index >= 15 is 0 Å². The Labute approximate surface area is 306 Å². The molecule has 3 aromatic heterocycles. The molecule has 0 amide bonds. The summed E-state index contributed by atoms with van der Waals surface area (Å²) in [5.74, 6) is 1.83. The highest BCUT2D eigenvalue weighted by atomic mass is 15.2. The topological polar surface area (TPSA) is 48.5 Å². The van der Waals surface area contributed by atoms with Crippen molar-refractivity contribution < 1.29 is 0 Å². The summed E-state index contributed by atoms with van der Waals surface area (Å²) in [6, 6.07) is 58.1. The first-order valence-corrected chi connectivity index (χ1v) is 18.1. The minimum atomic E-state index is -0.128. The second kappa shape index (κ2) is 11.1. The lowest BCUT2D eigenvalue weighted by Gasteiger charge is -2.22. The number of para-hydroxylation sites is 4. The Hall–Kier alpha value is -6.85. The van der Waals surface area contributed by atoms with E-state index in [-0.39, 0.29) is 5.41 Å². The van der Waals surface area contributed by atoms with Gasteiger partial charge in [0.05, 0.1) is 27.8 Å². The van der Waals surface area contributed by atoms with Crippen molar-refractivity contribution in [1.29, 1.82) is 0 Å². The van der Waals surface area contributed by atoms with E-state index in [0.29, 0.717) is 17.6 Å². The number of benzene rings is 7. The second-order valence-electron chi connectivity index (χ2n) is 14.5. The van der Waals surface area contributed by atoms with Crippen molar-refractivity contribution in [1.82, 2.24) is 24.1 Å². The first-order valence-electron chi connectivity index (χ1n) is 18.1. The summed E-state index contributed by atoms with van der Waals surface area (Å²) in [5.41, 5.74) is 12.5. The minimum Gasteiger partial charge on any atom is -0.308 e. The summed E-state index contributed by atoms with van der Waals surface area (Å²) in [6.07, 6.45) is 0. The lowest BCUT2D eigenvalue weighted by molar-refractivity contribution is 0.661. The number of fused-ring (bicyclic) bond motifs is 9. The summed E-state index contributed by atoms with van der Waals surface area (Å²) in [7, 11) is 0. The average molecular weight is 680 g/mol. The van der Waals surface area contributed by atoms with Crippen LogP contribution in [0.25, 0.3) is 89.2 Å². The van der Waals surface area contributed by atoms with Gasteiger partial charge in [0, 0.05) is 38.1 Å². The maximum atomic E-state index is 5.34. The van der Waals surface area contributed by atoms with Crippen molar-refractivity contribution >= 4 is 43.6 Å². The van der Waals surface area contributed by atoms with Crippen molar-refractivity contribution in [3.05, 3.63) is 175 Å². The fraction of sp³-hybridized carbons (Fsp3) is 0.0625. The van der Waals surface area contributed by atoms with Gasteiger partial charge in [0.25, 0.3) is 0 Å². The molecule has 0 atom stereocenters. The van der Waals surface area contributed by atoms with Gasteiger partial charge in [-0.2, -0.15) is 9.97 Å². The smallest absolute Gasteiger partial charge is 0.238 e.